The summed E-state index contributed by atoms with van der Waals surface area (Å²) in [6.45, 7) is 1.82. The largest absolute Gasteiger partial charge is 0.393 e. The fraction of sp³-hybridized carbons (Fsp3) is 0.500. The Hall–Kier alpha value is -1.43. The van der Waals surface area contributed by atoms with Crippen molar-refractivity contribution in [1.29, 1.82) is 0 Å². The van der Waals surface area contributed by atoms with Crippen molar-refractivity contribution in [1.82, 2.24) is 10.6 Å². The van der Waals surface area contributed by atoms with Crippen LogP contribution in [0.3, 0.4) is 0 Å². The standard InChI is InChI=1S/C14H20N2O3/c1-14(19,9-17)8-16-13(18)12-6-10-4-2-3-5-11(10)7-15-12/h2-5,12,15,17,19H,6-9H2,1H3,(H,16,18)/t12-,14?/m0/s1. The number of hydrogen-bond acceptors (Lipinski definition) is 4. The van der Waals surface area contributed by atoms with Crippen molar-refractivity contribution in [2.75, 3.05) is 13.2 Å². The normalized spacial score (nSPS) is 21.3. The molecule has 0 bridgehead atoms. The molecule has 5 nitrogen and oxygen atoms in total. The molecule has 1 amide bonds. The topological polar surface area (TPSA) is 81.6 Å². The molecule has 0 aliphatic carbocycles. The molecule has 0 aromatic heterocycles. The molecule has 4 N–H and O–H groups in total. The molecule has 104 valence electrons. The first-order chi connectivity index (χ1) is 9.02. The van der Waals surface area contributed by atoms with Gasteiger partial charge in [0.25, 0.3) is 0 Å². The van der Waals surface area contributed by atoms with Gasteiger partial charge in [-0.25, -0.2) is 0 Å². The van der Waals surface area contributed by atoms with E-state index in [0.29, 0.717) is 13.0 Å². The summed E-state index contributed by atoms with van der Waals surface area (Å²) in [5.41, 5.74) is 1.12. The Balaban J connectivity index is 1.92. The molecule has 1 aliphatic heterocycles. The average molecular weight is 264 g/mol. The SMILES string of the molecule is CC(O)(CO)CNC(=O)[C@@H]1Cc2ccccc2CN1. The molecule has 1 aliphatic rings. The lowest BCUT2D eigenvalue weighted by Gasteiger charge is -2.27. The number of aliphatic hydroxyl groups excluding tert-OH is 1. The third-order valence-electron chi connectivity index (χ3n) is 3.38. The summed E-state index contributed by atoms with van der Waals surface area (Å²) in [6.07, 6.45) is 0.642. The molecule has 1 aromatic rings. The minimum absolute atomic E-state index is 0.0438. The second-order valence-electron chi connectivity index (χ2n) is 5.28. The van der Waals surface area contributed by atoms with Crippen LogP contribution in [0.15, 0.2) is 24.3 Å². The highest BCUT2D eigenvalue weighted by Gasteiger charge is 2.26. The number of carbonyl (C=O) groups is 1. The highest BCUT2D eigenvalue weighted by Crippen LogP contribution is 2.16. The Morgan fingerprint density at radius 2 is 2.16 bits per heavy atom. The minimum Gasteiger partial charge on any atom is -0.393 e. The van der Waals surface area contributed by atoms with E-state index in [-0.39, 0.29) is 25.1 Å². The molecule has 2 rings (SSSR count). The number of amides is 1. The van der Waals surface area contributed by atoms with E-state index in [1.54, 1.807) is 0 Å². The van der Waals surface area contributed by atoms with Gasteiger partial charge in [0.15, 0.2) is 0 Å². The van der Waals surface area contributed by atoms with Crippen LogP contribution in [0.1, 0.15) is 18.1 Å². The predicted octanol–water partition coefficient (Wildman–Crippen LogP) is -0.440. The number of hydrogen-bond donors (Lipinski definition) is 4. The lowest BCUT2D eigenvalue weighted by Crippen LogP contribution is -2.51. The monoisotopic (exact) mass is 264 g/mol. The zero-order valence-corrected chi connectivity index (χ0v) is 11.0. The summed E-state index contributed by atoms with van der Waals surface area (Å²) >= 11 is 0. The van der Waals surface area contributed by atoms with E-state index in [1.807, 2.05) is 24.3 Å². The first-order valence-corrected chi connectivity index (χ1v) is 6.43. The van der Waals surface area contributed by atoms with E-state index in [9.17, 15) is 9.90 Å². The molecule has 1 aromatic carbocycles. The number of nitrogens with one attached hydrogen (secondary N) is 2. The van der Waals surface area contributed by atoms with Gasteiger partial charge in [-0.05, 0) is 24.5 Å². The lowest BCUT2D eigenvalue weighted by atomic mass is 9.95. The summed E-state index contributed by atoms with van der Waals surface area (Å²) in [5.74, 6) is -0.150. The number of fused-ring (bicyclic) bond motifs is 1. The van der Waals surface area contributed by atoms with Gasteiger partial charge in [-0.3, -0.25) is 4.79 Å². The van der Waals surface area contributed by atoms with Crippen LogP contribution in [0.4, 0.5) is 0 Å². The van der Waals surface area contributed by atoms with Crippen LogP contribution in [0, 0.1) is 0 Å². The Morgan fingerprint density at radius 3 is 2.84 bits per heavy atom. The molecule has 0 spiro atoms. The van der Waals surface area contributed by atoms with Crippen LogP contribution >= 0.6 is 0 Å². The summed E-state index contributed by atoms with van der Waals surface area (Å²) in [5, 5.41) is 24.4. The first-order valence-electron chi connectivity index (χ1n) is 6.43. The minimum atomic E-state index is -1.28. The van der Waals surface area contributed by atoms with Crippen LogP contribution in [0.5, 0.6) is 0 Å². The molecule has 1 unspecified atom stereocenters. The van der Waals surface area contributed by atoms with Crippen molar-refractivity contribution in [2.24, 2.45) is 0 Å². The van der Waals surface area contributed by atoms with Crippen molar-refractivity contribution < 1.29 is 15.0 Å². The van der Waals surface area contributed by atoms with Gasteiger partial charge >= 0.3 is 0 Å². The van der Waals surface area contributed by atoms with Gasteiger partial charge in [-0.2, -0.15) is 0 Å². The van der Waals surface area contributed by atoms with Crippen LogP contribution in [-0.2, 0) is 17.8 Å². The van der Waals surface area contributed by atoms with Crippen molar-refractivity contribution in [3.8, 4) is 0 Å². The highest BCUT2D eigenvalue weighted by molar-refractivity contribution is 5.82. The Morgan fingerprint density at radius 1 is 1.47 bits per heavy atom. The maximum atomic E-state index is 12.0. The van der Waals surface area contributed by atoms with Gasteiger partial charge < -0.3 is 20.8 Å². The van der Waals surface area contributed by atoms with Crippen molar-refractivity contribution >= 4 is 5.91 Å². The molecular weight excluding hydrogens is 244 g/mol. The second kappa shape index (κ2) is 5.69. The maximum Gasteiger partial charge on any atom is 0.237 e. The molecule has 0 saturated carbocycles. The van der Waals surface area contributed by atoms with E-state index >= 15 is 0 Å². The smallest absolute Gasteiger partial charge is 0.237 e. The van der Waals surface area contributed by atoms with Gasteiger partial charge in [0.1, 0.15) is 5.60 Å². The summed E-state index contributed by atoms with van der Waals surface area (Å²) in [6, 6.07) is 7.74. The summed E-state index contributed by atoms with van der Waals surface area (Å²) in [7, 11) is 0. The van der Waals surface area contributed by atoms with Crippen molar-refractivity contribution in [2.45, 2.75) is 31.5 Å². The van der Waals surface area contributed by atoms with Crippen molar-refractivity contribution in [3.05, 3.63) is 35.4 Å². The first kappa shape index (κ1) is 14.0. The number of aliphatic hydroxyl groups is 2. The van der Waals surface area contributed by atoms with Crippen LogP contribution in [0.2, 0.25) is 0 Å². The zero-order chi connectivity index (χ0) is 13.9. The third-order valence-corrected chi connectivity index (χ3v) is 3.38. The summed E-state index contributed by atoms with van der Waals surface area (Å²) in [4.78, 5) is 12.0. The molecule has 0 saturated heterocycles. The van der Waals surface area contributed by atoms with Crippen LogP contribution in [-0.4, -0.2) is 40.9 Å². The molecular formula is C14H20N2O3. The number of rotatable bonds is 4. The van der Waals surface area contributed by atoms with Gasteiger partial charge in [0.05, 0.1) is 12.6 Å². The van der Waals surface area contributed by atoms with E-state index in [4.69, 9.17) is 5.11 Å². The van der Waals surface area contributed by atoms with E-state index < -0.39 is 5.60 Å². The summed E-state index contributed by atoms with van der Waals surface area (Å²) < 4.78 is 0. The van der Waals surface area contributed by atoms with Crippen LogP contribution in [0.25, 0.3) is 0 Å². The van der Waals surface area contributed by atoms with Gasteiger partial charge in [-0.1, -0.05) is 24.3 Å². The molecule has 2 atom stereocenters. The van der Waals surface area contributed by atoms with Crippen molar-refractivity contribution in [3.63, 3.8) is 0 Å². The lowest BCUT2D eigenvalue weighted by molar-refractivity contribution is -0.124. The number of carbonyl (C=O) groups excluding carboxylic acids is 1. The average Bonchev–Trinajstić information content (AvgIpc) is 2.44. The van der Waals surface area contributed by atoms with E-state index in [0.717, 1.165) is 0 Å². The third kappa shape index (κ3) is 3.53. The van der Waals surface area contributed by atoms with E-state index in [2.05, 4.69) is 10.6 Å². The fourth-order valence-corrected chi connectivity index (χ4v) is 2.10. The highest BCUT2D eigenvalue weighted by atomic mass is 16.3. The van der Waals surface area contributed by atoms with Crippen LogP contribution < -0.4 is 10.6 Å². The Kier molecular flexibility index (Phi) is 4.19. The Bertz CT molecular complexity index is 460. The molecule has 0 radical (unpaired) electrons. The van der Waals surface area contributed by atoms with E-state index in [1.165, 1.54) is 18.1 Å². The molecule has 5 heteroatoms. The maximum absolute atomic E-state index is 12.0. The predicted molar refractivity (Wildman–Crippen MR) is 71.5 cm³/mol. The van der Waals surface area contributed by atoms with Gasteiger partial charge in [-0.15, -0.1) is 0 Å². The molecule has 19 heavy (non-hydrogen) atoms. The van der Waals surface area contributed by atoms with Gasteiger partial charge in [0.2, 0.25) is 5.91 Å². The Labute approximate surface area is 112 Å². The fourth-order valence-electron chi connectivity index (χ4n) is 2.10. The number of benzene rings is 1. The second-order valence-corrected chi connectivity index (χ2v) is 5.28. The molecule has 1 heterocycles. The van der Waals surface area contributed by atoms with Gasteiger partial charge in [0, 0.05) is 13.1 Å². The quantitative estimate of drug-likeness (QED) is 0.594. The zero-order valence-electron chi connectivity index (χ0n) is 11.0. The molecule has 0 fully saturated rings.